The van der Waals surface area contributed by atoms with E-state index >= 15 is 0 Å². The molecule has 0 saturated heterocycles. The molecule has 2 rings (SSSR count). The van der Waals surface area contributed by atoms with E-state index in [1.54, 1.807) is 13.8 Å². The summed E-state index contributed by atoms with van der Waals surface area (Å²) in [7, 11) is 0. The van der Waals surface area contributed by atoms with E-state index in [4.69, 9.17) is 28.4 Å². The summed E-state index contributed by atoms with van der Waals surface area (Å²) >= 11 is 0. The van der Waals surface area contributed by atoms with Crippen molar-refractivity contribution in [2.75, 3.05) is 26.4 Å². The van der Waals surface area contributed by atoms with Crippen LogP contribution < -0.4 is 0 Å². The second-order valence-corrected chi connectivity index (χ2v) is 27.4. The van der Waals surface area contributed by atoms with Crippen LogP contribution in [-0.4, -0.2) is 72.0 Å². The lowest BCUT2D eigenvalue weighted by atomic mass is 9.51. The Bertz CT molecular complexity index is 1650. The van der Waals surface area contributed by atoms with Gasteiger partial charge in [-0.3, -0.25) is 0 Å². The van der Waals surface area contributed by atoms with Gasteiger partial charge in [0.15, 0.2) is 0 Å². The van der Waals surface area contributed by atoms with E-state index in [9.17, 15) is 9.59 Å². The number of rotatable bonds is 32. The highest BCUT2D eigenvalue weighted by atomic mass is 16.6. The third-order valence-electron chi connectivity index (χ3n) is 16.9. The van der Waals surface area contributed by atoms with Gasteiger partial charge in [-0.15, -0.1) is 6.58 Å². The molecule has 0 aromatic rings. The minimum absolute atomic E-state index is 0. The second kappa shape index (κ2) is 28.9. The molecule has 8 nitrogen and oxygen atoms in total. The molecule has 3 atom stereocenters. The molecule has 0 aromatic heterocycles. The zero-order chi connectivity index (χ0) is 54.4. The van der Waals surface area contributed by atoms with E-state index in [1.165, 1.54) is 32.1 Å². The van der Waals surface area contributed by atoms with Gasteiger partial charge in [0.25, 0.3) is 0 Å². The summed E-state index contributed by atoms with van der Waals surface area (Å²) in [6.45, 7) is 61.5. The third kappa shape index (κ3) is 23.9. The number of carbonyl (C=O) groups is 2. The standard InChI is InChI=1S/C60H108O8.C2H6.2CH4/c1-24-46-39-59(22,42-55(14,15)63-35-27-25-30-51(6,7)57(18,19)65-37-33-53(10,11)67-49(61)44(2)3)32-29-48(46)47-40-60(23,41-47)43-56(16,17)64-36-28-26-31-52(8,9)58(20,21)66-38-34-54(12,13)68-50(62)45(4)5;1-2;;/h24,46-48H,1-2,4,25-43H2,3,5-23H3;1-2H3;2*1H4. The average molecular weight is 1020 g/mol. The maximum atomic E-state index is 12.1. The van der Waals surface area contributed by atoms with Crippen molar-refractivity contribution in [3.63, 3.8) is 0 Å². The quantitative estimate of drug-likeness (QED) is 0.0285. The van der Waals surface area contributed by atoms with Crippen LogP contribution in [0.5, 0.6) is 0 Å². The minimum Gasteiger partial charge on any atom is -0.456 e. The largest absolute Gasteiger partial charge is 0.456 e. The summed E-state index contributed by atoms with van der Waals surface area (Å²) in [5.41, 5.74) is -0.907. The van der Waals surface area contributed by atoms with Crippen LogP contribution in [0.1, 0.15) is 263 Å². The first-order valence-corrected chi connectivity index (χ1v) is 27.7. The van der Waals surface area contributed by atoms with E-state index in [2.05, 4.69) is 123 Å². The molecule has 0 aliphatic heterocycles. The van der Waals surface area contributed by atoms with Crippen LogP contribution in [0.15, 0.2) is 37.0 Å². The summed E-state index contributed by atoms with van der Waals surface area (Å²) in [4.78, 5) is 24.1. The van der Waals surface area contributed by atoms with Crippen LogP contribution in [0.2, 0.25) is 0 Å². The first kappa shape index (κ1) is 72.1. The molecule has 0 bridgehead atoms. The number of unbranched alkanes of at least 4 members (excludes halogenated alkanes) is 2. The Morgan fingerprint density at radius 1 is 0.528 bits per heavy atom. The van der Waals surface area contributed by atoms with Gasteiger partial charge in [-0.05, 0) is 207 Å². The summed E-state index contributed by atoms with van der Waals surface area (Å²) in [5, 5.41) is 0. The molecule has 72 heavy (non-hydrogen) atoms. The Morgan fingerprint density at radius 3 is 1.24 bits per heavy atom. The summed E-state index contributed by atoms with van der Waals surface area (Å²) in [6.07, 6.45) is 18.3. The van der Waals surface area contributed by atoms with Crippen LogP contribution in [-0.2, 0) is 38.0 Å². The van der Waals surface area contributed by atoms with Crippen molar-refractivity contribution in [1.29, 1.82) is 0 Å². The van der Waals surface area contributed by atoms with Crippen molar-refractivity contribution >= 4 is 11.9 Å². The molecule has 3 unspecified atom stereocenters. The number of ether oxygens (including phenoxy) is 6. The van der Waals surface area contributed by atoms with Crippen molar-refractivity contribution in [2.45, 2.75) is 297 Å². The molecule has 0 heterocycles. The first-order chi connectivity index (χ1) is 31.7. The van der Waals surface area contributed by atoms with Gasteiger partial charge in [-0.2, -0.15) is 0 Å². The van der Waals surface area contributed by atoms with Crippen molar-refractivity contribution in [1.82, 2.24) is 0 Å². The molecular weight excluding hydrogens is 897 g/mol. The highest BCUT2D eigenvalue weighted by Crippen LogP contribution is 2.59. The summed E-state index contributed by atoms with van der Waals surface area (Å²) < 4.78 is 37.4. The van der Waals surface area contributed by atoms with Crippen LogP contribution in [0.25, 0.3) is 0 Å². The lowest BCUT2D eigenvalue weighted by Crippen LogP contribution is -2.47. The number of hydrogen-bond acceptors (Lipinski definition) is 8. The highest BCUT2D eigenvalue weighted by Gasteiger charge is 2.51. The lowest BCUT2D eigenvalue weighted by Gasteiger charge is -2.55. The van der Waals surface area contributed by atoms with Gasteiger partial charge in [0.1, 0.15) is 11.2 Å². The smallest absolute Gasteiger partial charge is 0.333 e. The molecule has 0 spiro atoms. The molecule has 2 aliphatic carbocycles. The van der Waals surface area contributed by atoms with Gasteiger partial charge in [-0.1, -0.05) is 102 Å². The number of hydrogen-bond donors (Lipinski definition) is 0. The third-order valence-corrected chi connectivity index (χ3v) is 16.9. The number of allylic oxidation sites excluding steroid dienone is 1. The van der Waals surface area contributed by atoms with E-state index in [0.29, 0.717) is 54.5 Å². The maximum Gasteiger partial charge on any atom is 0.333 e. The Labute approximate surface area is 448 Å². The first-order valence-electron chi connectivity index (χ1n) is 27.7. The molecule has 2 saturated carbocycles. The van der Waals surface area contributed by atoms with Gasteiger partial charge >= 0.3 is 11.9 Å². The van der Waals surface area contributed by atoms with E-state index in [1.807, 2.05) is 41.5 Å². The normalized spacial score (nSPS) is 22.2. The molecular formula is C64H122O8. The lowest BCUT2D eigenvalue weighted by molar-refractivity contribution is -0.158. The fourth-order valence-electron chi connectivity index (χ4n) is 11.3. The van der Waals surface area contributed by atoms with Crippen molar-refractivity contribution in [3.05, 3.63) is 37.0 Å². The van der Waals surface area contributed by atoms with Gasteiger partial charge < -0.3 is 28.4 Å². The van der Waals surface area contributed by atoms with Gasteiger partial charge in [0.2, 0.25) is 0 Å². The number of carbonyl (C=O) groups excluding carboxylic acids is 2. The number of esters is 2. The Hall–Kier alpha value is -2.00. The fourth-order valence-corrected chi connectivity index (χ4v) is 11.3. The molecule has 8 heteroatoms. The zero-order valence-electron chi connectivity index (χ0n) is 50.1. The Kier molecular flexibility index (Phi) is 29.0. The summed E-state index contributed by atoms with van der Waals surface area (Å²) in [6, 6.07) is 0. The van der Waals surface area contributed by atoms with Gasteiger partial charge in [0, 0.05) is 37.2 Å². The molecule has 426 valence electrons. The predicted octanol–water partition coefficient (Wildman–Crippen LogP) is 18.2. The maximum absolute atomic E-state index is 12.1. The van der Waals surface area contributed by atoms with E-state index in [0.717, 1.165) is 70.5 Å². The fraction of sp³-hybridized carbons (Fsp3) is 0.875. The van der Waals surface area contributed by atoms with E-state index in [-0.39, 0.29) is 65.4 Å². The van der Waals surface area contributed by atoms with Crippen LogP contribution in [0, 0.1) is 39.4 Å². The molecule has 0 N–H and O–H groups in total. The van der Waals surface area contributed by atoms with Crippen molar-refractivity contribution in [3.8, 4) is 0 Å². The van der Waals surface area contributed by atoms with Crippen LogP contribution in [0.4, 0.5) is 0 Å². The van der Waals surface area contributed by atoms with Gasteiger partial charge in [-0.25, -0.2) is 9.59 Å². The van der Waals surface area contributed by atoms with E-state index < -0.39 is 11.2 Å². The molecule has 0 amide bonds. The Morgan fingerprint density at radius 2 is 0.889 bits per heavy atom. The highest BCUT2D eigenvalue weighted by molar-refractivity contribution is 5.87. The molecule has 0 aromatic carbocycles. The van der Waals surface area contributed by atoms with Crippen molar-refractivity contribution in [2.24, 2.45) is 39.4 Å². The SMILES string of the molecule is C.C.C=CC1CC(C)(CC(C)(C)OCCCCC(C)(C)C(C)(C)OCCC(C)(C)OC(=O)C(=C)C)CCC1C1CC(C)(CC(C)(C)OCCCCC(C)(C)C(C)(C)OCCC(C)(C)OC(=O)C(=C)C)C1.CC. The molecule has 2 fully saturated rings. The average Bonchev–Trinajstić information content (AvgIpc) is 3.18. The zero-order valence-corrected chi connectivity index (χ0v) is 50.1. The second-order valence-electron chi connectivity index (χ2n) is 27.4. The summed E-state index contributed by atoms with van der Waals surface area (Å²) in [5.74, 6) is 1.31. The molecule has 2 aliphatic rings. The monoisotopic (exact) mass is 1020 g/mol. The molecule has 0 radical (unpaired) electrons. The van der Waals surface area contributed by atoms with Crippen LogP contribution in [0.3, 0.4) is 0 Å². The van der Waals surface area contributed by atoms with Crippen molar-refractivity contribution < 1.29 is 38.0 Å². The topological polar surface area (TPSA) is 89.5 Å². The predicted molar refractivity (Wildman–Crippen MR) is 309 cm³/mol. The van der Waals surface area contributed by atoms with Crippen LogP contribution >= 0.6 is 0 Å². The van der Waals surface area contributed by atoms with Gasteiger partial charge in [0.05, 0.1) is 35.6 Å². The minimum atomic E-state index is -0.610. The Balaban J connectivity index is 0.